The number of aryl methyl sites for hydroxylation is 1. The highest BCUT2D eigenvalue weighted by Crippen LogP contribution is 2.41. The number of imidazole rings is 1. The van der Waals surface area contributed by atoms with Crippen LogP contribution in [0.5, 0.6) is 5.75 Å². The molecule has 7 nitrogen and oxygen atoms in total. The summed E-state index contributed by atoms with van der Waals surface area (Å²) in [4.78, 5) is 5.84. The number of pyridine rings is 1. The highest BCUT2D eigenvalue weighted by molar-refractivity contribution is 5.88. The fraction of sp³-hybridized carbons (Fsp3) is 0.321. The van der Waals surface area contributed by atoms with Crippen molar-refractivity contribution in [3.05, 3.63) is 63.7 Å². The maximum absolute atomic E-state index is 11.1. The van der Waals surface area contributed by atoms with Gasteiger partial charge in [0, 0.05) is 35.5 Å². The summed E-state index contributed by atoms with van der Waals surface area (Å²) in [6, 6.07) is 12.5. The monoisotopic (exact) mass is 465 g/mol. The molecule has 2 aliphatic heterocycles. The Bertz CT molecular complexity index is 1560. The van der Waals surface area contributed by atoms with E-state index >= 15 is 0 Å². The molecular formula is C28H29N6O+. The lowest BCUT2D eigenvalue weighted by molar-refractivity contribution is -0.465. The van der Waals surface area contributed by atoms with Crippen LogP contribution < -0.4 is 14.7 Å². The molecule has 7 heteroatoms. The number of hydrogen-bond donors (Lipinski definition) is 3. The third-order valence-corrected chi connectivity index (χ3v) is 7.56. The van der Waals surface area contributed by atoms with E-state index in [0.29, 0.717) is 11.3 Å². The zero-order chi connectivity index (χ0) is 24.1. The second-order valence-electron chi connectivity index (χ2n) is 9.48. The van der Waals surface area contributed by atoms with Gasteiger partial charge in [-0.3, -0.25) is 4.98 Å². The number of phenols is 1. The fourth-order valence-corrected chi connectivity index (χ4v) is 5.94. The van der Waals surface area contributed by atoms with E-state index in [-0.39, 0.29) is 0 Å². The van der Waals surface area contributed by atoms with Crippen molar-refractivity contribution in [1.82, 2.24) is 4.98 Å². The number of nitrogens with one attached hydrogen (secondary N) is 2. The quantitative estimate of drug-likeness (QED) is 0.235. The van der Waals surface area contributed by atoms with Crippen LogP contribution in [0, 0.1) is 18.3 Å². The molecule has 6 rings (SSSR count). The van der Waals surface area contributed by atoms with E-state index in [2.05, 4.69) is 39.5 Å². The van der Waals surface area contributed by atoms with E-state index in [0.717, 1.165) is 89.9 Å². The lowest BCUT2D eigenvalue weighted by Gasteiger charge is -2.37. The van der Waals surface area contributed by atoms with Gasteiger partial charge in [-0.1, -0.05) is 19.1 Å². The van der Waals surface area contributed by atoms with E-state index in [1.54, 1.807) is 6.21 Å². The Labute approximate surface area is 204 Å². The number of H-pyrrole nitrogens is 1. The molecule has 0 saturated heterocycles. The molecule has 4 heterocycles. The molecular weight excluding hydrogens is 436 g/mol. The zero-order valence-corrected chi connectivity index (χ0v) is 20.1. The van der Waals surface area contributed by atoms with Gasteiger partial charge in [-0.15, -0.1) is 5.10 Å². The average Bonchev–Trinajstić information content (AvgIpc) is 3.26. The zero-order valence-electron chi connectivity index (χ0n) is 20.1. The van der Waals surface area contributed by atoms with Crippen LogP contribution in [0.3, 0.4) is 0 Å². The first kappa shape index (κ1) is 21.5. The average molecular weight is 466 g/mol. The second kappa shape index (κ2) is 8.31. The second-order valence-corrected chi connectivity index (χ2v) is 9.48. The van der Waals surface area contributed by atoms with Gasteiger partial charge in [-0.2, -0.15) is 15.1 Å². The van der Waals surface area contributed by atoms with Gasteiger partial charge in [0.15, 0.2) is 0 Å². The van der Waals surface area contributed by atoms with Crippen LogP contribution in [0.2, 0.25) is 0 Å². The van der Waals surface area contributed by atoms with Gasteiger partial charge in [-0.25, -0.2) is 0 Å². The molecule has 0 unspecified atom stereocenters. The van der Waals surface area contributed by atoms with Crippen LogP contribution in [0.15, 0.2) is 35.4 Å². The lowest BCUT2D eigenvalue weighted by atomic mass is 9.89. The molecule has 3 N–H and O–H groups in total. The first-order valence-corrected chi connectivity index (χ1v) is 12.4. The predicted octanol–water partition coefficient (Wildman–Crippen LogP) is 4.50. The molecule has 176 valence electrons. The minimum absolute atomic E-state index is 0.345. The van der Waals surface area contributed by atoms with Gasteiger partial charge in [0.05, 0.1) is 6.21 Å². The van der Waals surface area contributed by atoms with Crippen molar-refractivity contribution in [2.45, 2.75) is 46.0 Å². The number of para-hydroxylation sites is 2. The number of rotatable bonds is 4. The molecule has 0 saturated carbocycles. The van der Waals surface area contributed by atoms with E-state index in [1.807, 2.05) is 35.6 Å². The fourth-order valence-electron chi connectivity index (χ4n) is 5.94. The number of phenolic OH excluding ortho intramolecular Hbond substituents is 1. The normalized spacial score (nSPS) is 15.1. The third kappa shape index (κ3) is 3.24. The maximum Gasteiger partial charge on any atom is 0.253 e. The Hall–Kier alpha value is -4.05. The van der Waals surface area contributed by atoms with Crippen molar-refractivity contribution in [2.24, 2.45) is 5.10 Å². The highest BCUT2D eigenvalue weighted by atomic mass is 16.3. The summed E-state index contributed by atoms with van der Waals surface area (Å²) in [5, 5.41) is 25.6. The van der Waals surface area contributed by atoms with Gasteiger partial charge in [0.1, 0.15) is 28.4 Å². The molecule has 2 aromatic heterocycles. The lowest BCUT2D eigenvalue weighted by Crippen LogP contribution is -2.34. The largest absolute Gasteiger partial charge is 0.507 e. The van der Waals surface area contributed by atoms with Gasteiger partial charge < -0.3 is 10.0 Å². The summed E-state index contributed by atoms with van der Waals surface area (Å²) < 4.78 is 2.05. The number of fused-ring (bicyclic) bond motifs is 3. The number of aromatic nitrogens is 2. The minimum atomic E-state index is 0.345. The molecule has 0 bridgehead atoms. The van der Waals surface area contributed by atoms with Gasteiger partial charge in [0.25, 0.3) is 5.82 Å². The van der Waals surface area contributed by atoms with Crippen molar-refractivity contribution >= 4 is 34.4 Å². The number of aromatic hydroxyl groups is 1. The molecule has 0 radical (unpaired) electrons. The van der Waals surface area contributed by atoms with Crippen LogP contribution >= 0.6 is 0 Å². The number of aromatic amines is 1. The third-order valence-electron chi connectivity index (χ3n) is 7.56. The number of anilines is 2. The van der Waals surface area contributed by atoms with Gasteiger partial charge in [-0.05, 0) is 68.4 Å². The summed E-state index contributed by atoms with van der Waals surface area (Å²) in [5.74, 6) is 1.18. The van der Waals surface area contributed by atoms with Crippen molar-refractivity contribution in [2.75, 3.05) is 23.4 Å². The molecule has 0 atom stereocenters. The molecule has 0 aliphatic carbocycles. The van der Waals surface area contributed by atoms with Gasteiger partial charge in [0.2, 0.25) is 5.65 Å². The van der Waals surface area contributed by atoms with E-state index in [1.165, 1.54) is 11.3 Å². The van der Waals surface area contributed by atoms with Gasteiger partial charge >= 0.3 is 0 Å². The smallest absolute Gasteiger partial charge is 0.253 e. The summed E-state index contributed by atoms with van der Waals surface area (Å²) >= 11 is 0. The summed E-state index contributed by atoms with van der Waals surface area (Å²) in [5.41, 5.74) is 13.0. The van der Waals surface area contributed by atoms with Crippen molar-refractivity contribution in [1.29, 1.82) is 5.26 Å². The Morgan fingerprint density at radius 3 is 2.86 bits per heavy atom. The number of benzene rings is 2. The standard InChI is InChI=1S/C28H28N6O/c1-3-20-17(2)22(15-29)27-31-23-10-4-5-11-24(23)34(27)28(20)32-30-16-19-14-18-8-6-12-33-13-7-9-21(25(18)33)26(19)35/h4-5,10-11,14,16H,3,6-9,12-13H2,1-2H3,(H2,30,31,32,35)/p+1. The molecule has 0 fully saturated rings. The molecule has 0 amide bonds. The Balaban J connectivity index is 1.47. The molecule has 2 aliphatic rings. The highest BCUT2D eigenvalue weighted by Gasteiger charge is 2.28. The first-order chi connectivity index (χ1) is 17.1. The number of nitriles is 1. The van der Waals surface area contributed by atoms with Crippen LogP contribution in [-0.4, -0.2) is 29.4 Å². The Kier molecular flexibility index (Phi) is 5.10. The minimum Gasteiger partial charge on any atom is -0.507 e. The van der Waals surface area contributed by atoms with E-state index < -0.39 is 0 Å². The van der Waals surface area contributed by atoms with Crippen molar-refractivity contribution in [3.63, 3.8) is 0 Å². The van der Waals surface area contributed by atoms with Crippen molar-refractivity contribution < 1.29 is 9.51 Å². The van der Waals surface area contributed by atoms with Crippen LogP contribution in [0.25, 0.3) is 16.7 Å². The van der Waals surface area contributed by atoms with Crippen LogP contribution in [0.4, 0.5) is 11.5 Å². The SMILES string of the molecule is CCc1c(C)c(C#N)c2[nH]c3ccccc3[n+]2c1NN=Cc1cc2c3c(c1O)CCCN3CCC2. The summed E-state index contributed by atoms with van der Waals surface area (Å²) in [6.45, 7) is 6.23. The maximum atomic E-state index is 11.1. The Morgan fingerprint density at radius 1 is 1.26 bits per heavy atom. The number of hydrazone groups is 1. The topological polar surface area (TPSA) is 91.5 Å². The molecule has 4 aromatic rings. The van der Waals surface area contributed by atoms with E-state index in [4.69, 9.17) is 0 Å². The summed E-state index contributed by atoms with van der Waals surface area (Å²) in [7, 11) is 0. The first-order valence-electron chi connectivity index (χ1n) is 12.4. The molecule has 35 heavy (non-hydrogen) atoms. The predicted molar refractivity (Wildman–Crippen MR) is 138 cm³/mol. The van der Waals surface area contributed by atoms with Crippen LogP contribution in [0.1, 0.15) is 53.1 Å². The van der Waals surface area contributed by atoms with Crippen molar-refractivity contribution in [3.8, 4) is 11.8 Å². The number of nitrogens with zero attached hydrogens (tertiary/aromatic N) is 4. The molecule has 0 spiro atoms. The summed E-state index contributed by atoms with van der Waals surface area (Å²) in [6.07, 6.45) is 6.64. The van der Waals surface area contributed by atoms with Crippen LogP contribution in [-0.2, 0) is 19.3 Å². The van der Waals surface area contributed by atoms with E-state index in [9.17, 15) is 10.4 Å². The molecule has 2 aromatic carbocycles. The Morgan fingerprint density at radius 2 is 2.06 bits per heavy atom. The number of hydrogen-bond acceptors (Lipinski definition) is 5.